The minimum atomic E-state index is -1.20. The van der Waals surface area contributed by atoms with E-state index in [1.165, 1.54) is 0 Å². The van der Waals surface area contributed by atoms with Crippen LogP contribution in [0.4, 0.5) is 0 Å². The second-order valence-corrected chi connectivity index (χ2v) is 9.84. The summed E-state index contributed by atoms with van der Waals surface area (Å²) in [5, 5.41) is 0.828. The molecule has 0 spiro atoms. The number of fused-ring (bicyclic) bond motifs is 3. The Kier molecular flexibility index (Phi) is 4.85. The molecular weight excluding hydrogens is 436 g/mol. The molecule has 1 unspecified atom stereocenters. The van der Waals surface area contributed by atoms with E-state index < -0.39 is 10.8 Å². The van der Waals surface area contributed by atoms with Crippen molar-refractivity contribution in [2.45, 2.75) is 23.5 Å². The molecule has 6 rings (SSSR count). The minimum Gasteiger partial charge on any atom is -0.374 e. The molecule has 4 aromatic rings. The summed E-state index contributed by atoms with van der Waals surface area (Å²) in [5.41, 5.74) is 3.31. The molecule has 2 bridgehead atoms. The number of amides is 1. The number of rotatable bonds is 4. The van der Waals surface area contributed by atoms with Crippen LogP contribution in [-0.4, -0.2) is 61.1 Å². The van der Waals surface area contributed by atoms with E-state index in [0.717, 1.165) is 28.5 Å². The van der Waals surface area contributed by atoms with Gasteiger partial charge < -0.3 is 9.64 Å². The maximum absolute atomic E-state index is 13.2. The second-order valence-electron chi connectivity index (χ2n) is 8.49. The molecule has 0 saturated carbocycles. The van der Waals surface area contributed by atoms with Gasteiger partial charge in [0, 0.05) is 47.9 Å². The molecule has 166 valence electrons. The van der Waals surface area contributed by atoms with Gasteiger partial charge >= 0.3 is 0 Å². The lowest BCUT2D eigenvalue weighted by Gasteiger charge is -2.27. The van der Waals surface area contributed by atoms with Gasteiger partial charge in [-0.1, -0.05) is 36.4 Å². The lowest BCUT2D eigenvalue weighted by molar-refractivity contribution is 0.0259. The van der Waals surface area contributed by atoms with Gasteiger partial charge in [-0.15, -0.1) is 0 Å². The summed E-state index contributed by atoms with van der Waals surface area (Å²) in [6.07, 6.45) is 8.07. The van der Waals surface area contributed by atoms with Crippen molar-refractivity contribution in [3.05, 3.63) is 72.7 Å². The van der Waals surface area contributed by atoms with E-state index in [2.05, 4.69) is 9.97 Å². The molecular formula is C25H22N4O3S. The zero-order chi connectivity index (χ0) is 22.5. The third-order valence-electron chi connectivity index (χ3n) is 6.45. The SMILES string of the molecule is CS(=O)c1cn(-c2ncc(-c3ccccc3)cn2)c2cc(C(=O)N3C[C@H]4C[C@@H]3CO4)ccc12. The van der Waals surface area contributed by atoms with Crippen LogP contribution in [0.15, 0.2) is 72.0 Å². The van der Waals surface area contributed by atoms with Crippen LogP contribution in [0.5, 0.6) is 0 Å². The highest BCUT2D eigenvalue weighted by atomic mass is 32.2. The van der Waals surface area contributed by atoms with Gasteiger partial charge in [-0.3, -0.25) is 13.6 Å². The maximum Gasteiger partial charge on any atom is 0.254 e. The number of benzene rings is 2. The number of carbonyl (C=O) groups excluding carboxylic acids is 1. The van der Waals surface area contributed by atoms with Crippen molar-refractivity contribution in [1.29, 1.82) is 0 Å². The summed E-state index contributed by atoms with van der Waals surface area (Å²) < 4.78 is 19.9. The fraction of sp³-hybridized carbons (Fsp3) is 0.240. The maximum atomic E-state index is 13.2. The highest BCUT2D eigenvalue weighted by Gasteiger charge is 2.41. The first-order chi connectivity index (χ1) is 16.1. The highest BCUT2D eigenvalue weighted by Crippen LogP contribution is 2.31. The zero-order valence-electron chi connectivity index (χ0n) is 18.0. The lowest BCUT2D eigenvalue weighted by atomic mass is 10.1. The zero-order valence-corrected chi connectivity index (χ0v) is 18.9. The molecule has 2 aliphatic heterocycles. The van der Waals surface area contributed by atoms with E-state index in [0.29, 0.717) is 29.6 Å². The minimum absolute atomic E-state index is 0.0000326. The normalized spacial score (nSPS) is 20.5. The van der Waals surface area contributed by atoms with Crippen molar-refractivity contribution in [3.63, 3.8) is 0 Å². The Morgan fingerprint density at radius 1 is 1.09 bits per heavy atom. The average molecular weight is 459 g/mol. The van der Waals surface area contributed by atoms with Gasteiger partial charge in [0.05, 0.1) is 40.0 Å². The molecule has 2 aliphatic rings. The summed E-state index contributed by atoms with van der Waals surface area (Å²) in [5.74, 6) is 0.467. The summed E-state index contributed by atoms with van der Waals surface area (Å²) >= 11 is 0. The van der Waals surface area contributed by atoms with Crippen molar-refractivity contribution in [1.82, 2.24) is 19.4 Å². The van der Waals surface area contributed by atoms with Crippen molar-refractivity contribution < 1.29 is 13.7 Å². The van der Waals surface area contributed by atoms with Crippen LogP contribution in [0.25, 0.3) is 28.0 Å². The van der Waals surface area contributed by atoms with E-state index in [9.17, 15) is 9.00 Å². The molecule has 2 aromatic carbocycles. The van der Waals surface area contributed by atoms with Crippen LogP contribution in [0.1, 0.15) is 16.8 Å². The Balaban J connectivity index is 1.41. The fourth-order valence-electron chi connectivity index (χ4n) is 4.76. The van der Waals surface area contributed by atoms with Gasteiger partial charge in [0.15, 0.2) is 0 Å². The predicted molar refractivity (Wildman–Crippen MR) is 126 cm³/mol. The topological polar surface area (TPSA) is 77.3 Å². The molecule has 33 heavy (non-hydrogen) atoms. The molecule has 8 heteroatoms. The first-order valence-corrected chi connectivity index (χ1v) is 12.4. The fourth-order valence-corrected chi connectivity index (χ4v) is 5.50. The van der Waals surface area contributed by atoms with E-state index in [1.807, 2.05) is 58.0 Å². The molecule has 0 aliphatic carbocycles. The van der Waals surface area contributed by atoms with Crippen molar-refractivity contribution in [2.75, 3.05) is 19.4 Å². The molecule has 2 aromatic heterocycles. The molecule has 0 N–H and O–H groups in total. The third-order valence-corrected chi connectivity index (χ3v) is 7.39. The molecule has 2 fully saturated rings. The number of likely N-dealkylation sites (tertiary alicyclic amines) is 1. The lowest BCUT2D eigenvalue weighted by Crippen LogP contribution is -2.41. The van der Waals surface area contributed by atoms with Gasteiger partial charge in [-0.05, 0) is 24.1 Å². The van der Waals surface area contributed by atoms with Gasteiger partial charge in [0.25, 0.3) is 5.91 Å². The molecule has 2 saturated heterocycles. The van der Waals surface area contributed by atoms with Crippen molar-refractivity contribution in [2.24, 2.45) is 0 Å². The monoisotopic (exact) mass is 458 g/mol. The smallest absolute Gasteiger partial charge is 0.254 e. The standard InChI is InChI=1S/C25H22N4O3S/c1-33(31)23-14-29(25-26-11-18(12-27-25)16-5-3-2-4-6-16)22-9-17(7-8-21(22)23)24(30)28-13-20-10-19(28)15-32-20/h2-9,11-12,14,19-20H,10,13,15H2,1H3/t19-,20-,33?/m1/s1. The molecule has 1 amide bonds. The average Bonchev–Trinajstić information content (AvgIpc) is 3.58. The van der Waals surface area contributed by atoms with Crippen molar-refractivity contribution in [3.8, 4) is 17.1 Å². The number of nitrogens with zero attached hydrogens (tertiary/aromatic N) is 4. The van der Waals surface area contributed by atoms with Crippen LogP contribution in [-0.2, 0) is 15.5 Å². The Labute approximate surface area is 193 Å². The molecule has 7 nitrogen and oxygen atoms in total. The summed E-state index contributed by atoms with van der Waals surface area (Å²) in [7, 11) is -1.20. The third kappa shape index (κ3) is 3.46. The predicted octanol–water partition coefficient (Wildman–Crippen LogP) is 3.44. The number of carbonyl (C=O) groups is 1. The summed E-state index contributed by atoms with van der Waals surface area (Å²) in [4.78, 5) is 25.0. The second kappa shape index (κ2) is 7.90. The number of ether oxygens (including phenoxy) is 1. The Morgan fingerprint density at radius 2 is 1.88 bits per heavy atom. The summed E-state index contributed by atoms with van der Waals surface area (Å²) in [6, 6.07) is 15.6. The van der Waals surface area contributed by atoms with E-state index >= 15 is 0 Å². The Hall–Kier alpha value is -3.36. The number of aromatic nitrogens is 3. The first-order valence-electron chi connectivity index (χ1n) is 10.9. The highest BCUT2D eigenvalue weighted by molar-refractivity contribution is 7.84. The quantitative estimate of drug-likeness (QED) is 0.468. The number of hydrogen-bond donors (Lipinski definition) is 0. The summed E-state index contributed by atoms with van der Waals surface area (Å²) in [6.45, 7) is 1.24. The van der Waals surface area contributed by atoms with E-state index in [-0.39, 0.29) is 18.1 Å². The largest absolute Gasteiger partial charge is 0.374 e. The van der Waals surface area contributed by atoms with Crippen LogP contribution in [0.2, 0.25) is 0 Å². The van der Waals surface area contributed by atoms with Crippen LogP contribution in [0.3, 0.4) is 0 Å². The number of hydrogen-bond acceptors (Lipinski definition) is 5. The van der Waals surface area contributed by atoms with Gasteiger partial charge in [-0.25, -0.2) is 9.97 Å². The first kappa shape index (κ1) is 20.3. The molecule has 3 atom stereocenters. The van der Waals surface area contributed by atoms with Crippen LogP contribution in [0, 0.1) is 0 Å². The van der Waals surface area contributed by atoms with Gasteiger partial charge in [-0.2, -0.15) is 0 Å². The number of morpholine rings is 1. The van der Waals surface area contributed by atoms with E-state index in [4.69, 9.17) is 4.74 Å². The Bertz CT molecular complexity index is 1380. The Morgan fingerprint density at radius 3 is 2.55 bits per heavy atom. The van der Waals surface area contributed by atoms with Gasteiger partial charge in [0.1, 0.15) is 0 Å². The van der Waals surface area contributed by atoms with Gasteiger partial charge in [0.2, 0.25) is 5.95 Å². The van der Waals surface area contributed by atoms with Crippen LogP contribution < -0.4 is 0 Å². The molecule has 0 radical (unpaired) electrons. The van der Waals surface area contributed by atoms with E-state index in [1.54, 1.807) is 24.8 Å². The van der Waals surface area contributed by atoms with Crippen molar-refractivity contribution >= 4 is 27.6 Å². The molecule has 4 heterocycles. The van der Waals surface area contributed by atoms with Crippen LogP contribution >= 0.6 is 0 Å².